The number of benzene rings is 2. The van der Waals surface area contributed by atoms with Crippen molar-refractivity contribution in [2.24, 2.45) is 0 Å². The monoisotopic (exact) mass is 270 g/mol. The number of rotatable bonds is 5. The highest BCUT2D eigenvalue weighted by atomic mass is 16.6. The van der Waals surface area contributed by atoms with Crippen molar-refractivity contribution in [2.45, 2.75) is 26.4 Å². The molecule has 0 fully saturated rings. The van der Waals surface area contributed by atoms with E-state index in [2.05, 4.69) is 31.3 Å². The van der Waals surface area contributed by atoms with Crippen LogP contribution in [0.3, 0.4) is 0 Å². The maximum atomic E-state index is 10.6. The Morgan fingerprint density at radius 1 is 1.15 bits per heavy atom. The lowest BCUT2D eigenvalue weighted by Gasteiger charge is -2.16. The maximum absolute atomic E-state index is 10.6. The highest BCUT2D eigenvalue weighted by molar-refractivity contribution is 5.33. The normalized spacial score (nSPS) is 12.1. The Kier molecular flexibility index (Phi) is 4.48. The minimum atomic E-state index is -0.382. The van der Waals surface area contributed by atoms with E-state index in [1.807, 2.05) is 12.1 Å². The molecular weight excluding hydrogens is 252 g/mol. The Morgan fingerprint density at radius 3 is 2.40 bits per heavy atom. The highest BCUT2D eigenvalue weighted by Crippen LogP contribution is 2.18. The van der Waals surface area contributed by atoms with Gasteiger partial charge in [0.25, 0.3) is 5.69 Å². The molecule has 4 nitrogen and oxygen atoms in total. The summed E-state index contributed by atoms with van der Waals surface area (Å²) in [4.78, 5) is 10.2. The molecule has 0 aliphatic carbocycles. The Hall–Kier alpha value is -2.20. The fourth-order valence-corrected chi connectivity index (χ4v) is 2.19. The smallest absolute Gasteiger partial charge is 0.269 e. The van der Waals surface area contributed by atoms with Crippen molar-refractivity contribution in [1.82, 2.24) is 5.32 Å². The number of aryl methyl sites for hydroxylation is 1. The molecule has 0 aliphatic rings. The van der Waals surface area contributed by atoms with Gasteiger partial charge in [0.1, 0.15) is 0 Å². The summed E-state index contributed by atoms with van der Waals surface area (Å²) in [7, 11) is 0. The molecule has 1 atom stereocenters. The van der Waals surface area contributed by atoms with E-state index in [-0.39, 0.29) is 16.7 Å². The van der Waals surface area contributed by atoms with Crippen LogP contribution in [0.5, 0.6) is 0 Å². The van der Waals surface area contributed by atoms with Gasteiger partial charge >= 0.3 is 0 Å². The molecule has 0 spiro atoms. The average molecular weight is 270 g/mol. The van der Waals surface area contributed by atoms with E-state index in [4.69, 9.17) is 0 Å². The van der Waals surface area contributed by atoms with Crippen LogP contribution in [0.2, 0.25) is 0 Å². The van der Waals surface area contributed by atoms with Crippen LogP contribution in [-0.2, 0) is 6.54 Å². The minimum absolute atomic E-state index is 0.126. The molecule has 0 saturated carbocycles. The summed E-state index contributed by atoms with van der Waals surface area (Å²) in [6.07, 6.45) is 0. The zero-order valence-electron chi connectivity index (χ0n) is 11.7. The first-order valence-electron chi connectivity index (χ1n) is 6.60. The van der Waals surface area contributed by atoms with Gasteiger partial charge in [-0.3, -0.25) is 10.1 Å². The number of hydrogen-bond acceptors (Lipinski definition) is 3. The molecule has 0 saturated heterocycles. The summed E-state index contributed by atoms with van der Waals surface area (Å²) in [5, 5.41) is 14.0. The zero-order chi connectivity index (χ0) is 14.5. The van der Waals surface area contributed by atoms with Gasteiger partial charge in [0.05, 0.1) is 4.92 Å². The first-order valence-corrected chi connectivity index (χ1v) is 6.60. The lowest BCUT2D eigenvalue weighted by Crippen LogP contribution is -2.18. The van der Waals surface area contributed by atoms with Crippen LogP contribution < -0.4 is 5.32 Å². The lowest BCUT2D eigenvalue weighted by molar-refractivity contribution is -0.384. The topological polar surface area (TPSA) is 55.2 Å². The summed E-state index contributed by atoms with van der Waals surface area (Å²) < 4.78 is 0. The highest BCUT2D eigenvalue weighted by Gasteiger charge is 2.08. The van der Waals surface area contributed by atoms with Crippen LogP contribution >= 0.6 is 0 Å². The number of non-ortho nitro benzene ring substituents is 1. The maximum Gasteiger partial charge on any atom is 0.269 e. The molecule has 20 heavy (non-hydrogen) atoms. The van der Waals surface area contributed by atoms with Crippen molar-refractivity contribution in [3.05, 3.63) is 75.3 Å². The molecule has 0 amide bonds. The van der Waals surface area contributed by atoms with E-state index in [0.717, 1.165) is 5.56 Å². The molecule has 0 radical (unpaired) electrons. The van der Waals surface area contributed by atoms with Crippen molar-refractivity contribution in [3.63, 3.8) is 0 Å². The van der Waals surface area contributed by atoms with Crippen molar-refractivity contribution < 1.29 is 4.92 Å². The number of nitro groups is 1. The molecule has 0 heterocycles. The summed E-state index contributed by atoms with van der Waals surface area (Å²) in [6, 6.07) is 15.2. The quantitative estimate of drug-likeness (QED) is 0.665. The Morgan fingerprint density at radius 2 is 1.80 bits per heavy atom. The molecule has 0 aliphatic heterocycles. The molecule has 104 valence electrons. The third-order valence-electron chi connectivity index (χ3n) is 3.41. The third-order valence-corrected chi connectivity index (χ3v) is 3.41. The predicted octanol–water partition coefficient (Wildman–Crippen LogP) is 3.75. The molecule has 0 aromatic heterocycles. The third kappa shape index (κ3) is 3.42. The van der Waals surface area contributed by atoms with Crippen LogP contribution in [0.1, 0.15) is 29.7 Å². The number of nitrogens with zero attached hydrogens (tertiary/aromatic N) is 1. The largest absolute Gasteiger partial charge is 0.306 e. The van der Waals surface area contributed by atoms with Gasteiger partial charge in [0.15, 0.2) is 0 Å². The van der Waals surface area contributed by atoms with Crippen molar-refractivity contribution in [2.75, 3.05) is 0 Å². The number of nitrogens with one attached hydrogen (secondary N) is 1. The number of nitro benzene ring substituents is 1. The van der Waals surface area contributed by atoms with E-state index >= 15 is 0 Å². The molecule has 2 aromatic rings. The average Bonchev–Trinajstić information content (AvgIpc) is 2.45. The van der Waals surface area contributed by atoms with Crippen LogP contribution in [0, 0.1) is 17.0 Å². The van der Waals surface area contributed by atoms with Gasteiger partial charge in [-0.2, -0.15) is 0 Å². The van der Waals surface area contributed by atoms with Crippen LogP contribution in [0.15, 0.2) is 48.5 Å². The second-order valence-electron chi connectivity index (χ2n) is 4.88. The second kappa shape index (κ2) is 6.30. The number of hydrogen-bond donors (Lipinski definition) is 1. The zero-order valence-corrected chi connectivity index (χ0v) is 11.7. The predicted molar refractivity (Wildman–Crippen MR) is 79.5 cm³/mol. The van der Waals surface area contributed by atoms with Crippen molar-refractivity contribution in [3.8, 4) is 0 Å². The second-order valence-corrected chi connectivity index (χ2v) is 4.88. The summed E-state index contributed by atoms with van der Waals surface area (Å²) in [5.74, 6) is 0. The van der Waals surface area contributed by atoms with Gasteiger partial charge in [-0.05, 0) is 30.5 Å². The molecule has 2 rings (SSSR count). The molecule has 2 aromatic carbocycles. The van der Waals surface area contributed by atoms with E-state index < -0.39 is 0 Å². The fourth-order valence-electron chi connectivity index (χ4n) is 2.19. The van der Waals surface area contributed by atoms with Crippen molar-refractivity contribution >= 4 is 5.69 Å². The molecule has 0 bridgehead atoms. The van der Waals surface area contributed by atoms with Gasteiger partial charge < -0.3 is 5.32 Å². The van der Waals surface area contributed by atoms with E-state index in [1.165, 1.54) is 23.3 Å². The standard InChI is InChI=1S/C16H18N2O2/c1-12-5-3-4-6-16(12)13(2)17-11-14-7-9-15(10-8-14)18(19)20/h3-10,13,17H,11H2,1-2H3/t13-/m0/s1. The first-order chi connectivity index (χ1) is 9.58. The SMILES string of the molecule is Cc1ccccc1[C@H](C)NCc1ccc([N+](=O)[O-])cc1. The van der Waals surface area contributed by atoms with Gasteiger partial charge in [-0.15, -0.1) is 0 Å². The fraction of sp³-hybridized carbons (Fsp3) is 0.250. The Labute approximate surface area is 118 Å². The van der Waals surface area contributed by atoms with E-state index in [9.17, 15) is 10.1 Å². The molecule has 4 heteroatoms. The lowest BCUT2D eigenvalue weighted by atomic mass is 10.0. The van der Waals surface area contributed by atoms with Gasteiger partial charge in [0, 0.05) is 24.7 Å². The molecular formula is C16H18N2O2. The Bertz CT molecular complexity index is 594. The van der Waals surface area contributed by atoms with Gasteiger partial charge in [-0.1, -0.05) is 36.4 Å². The van der Waals surface area contributed by atoms with Crippen LogP contribution in [-0.4, -0.2) is 4.92 Å². The first kappa shape index (κ1) is 14.2. The minimum Gasteiger partial charge on any atom is -0.306 e. The van der Waals surface area contributed by atoms with Crippen LogP contribution in [0.4, 0.5) is 5.69 Å². The van der Waals surface area contributed by atoms with E-state index in [1.54, 1.807) is 12.1 Å². The summed E-state index contributed by atoms with van der Waals surface area (Å²) >= 11 is 0. The van der Waals surface area contributed by atoms with Gasteiger partial charge in [-0.25, -0.2) is 0 Å². The van der Waals surface area contributed by atoms with Crippen LogP contribution in [0.25, 0.3) is 0 Å². The van der Waals surface area contributed by atoms with Crippen molar-refractivity contribution in [1.29, 1.82) is 0 Å². The molecule has 0 unspecified atom stereocenters. The molecule has 1 N–H and O–H groups in total. The summed E-state index contributed by atoms with van der Waals surface area (Å²) in [5.41, 5.74) is 3.70. The Balaban J connectivity index is 1.98. The van der Waals surface area contributed by atoms with Gasteiger partial charge in [0.2, 0.25) is 0 Å². The van der Waals surface area contributed by atoms with E-state index in [0.29, 0.717) is 6.54 Å². The summed E-state index contributed by atoms with van der Waals surface area (Å²) in [6.45, 7) is 4.90.